The van der Waals surface area contributed by atoms with Crippen molar-refractivity contribution in [1.29, 1.82) is 0 Å². The standard InChI is InChI=1S/C10H20N2/c1-9(10-2-3-10)8-12-6-4-11-5-7-12/h9-11H,2-8H2,1H3. The van der Waals surface area contributed by atoms with E-state index in [1.807, 2.05) is 0 Å². The van der Waals surface area contributed by atoms with Gasteiger partial charge in [-0.3, -0.25) is 0 Å². The van der Waals surface area contributed by atoms with Gasteiger partial charge in [-0.15, -0.1) is 0 Å². The van der Waals surface area contributed by atoms with Crippen LogP contribution in [0.15, 0.2) is 0 Å². The van der Waals surface area contributed by atoms with Gasteiger partial charge in [0.05, 0.1) is 0 Å². The molecule has 1 saturated heterocycles. The molecule has 0 amide bonds. The Morgan fingerprint density at radius 1 is 1.33 bits per heavy atom. The van der Waals surface area contributed by atoms with Crippen molar-refractivity contribution in [3.63, 3.8) is 0 Å². The first-order chi connectivity index (χ1) is 5.86. The summed E-state index contributed by atoms with van der Waals surface area (Å²) in [6, 6.07) is 0. The number of nitrogens with one attached hydrogen (secondary N) is 1. The van der Waals surface area contributed by atoms with Crippen molar-refractivity contribution in [3.8, 4) is 0 Å². The summed E-state index contributed by atoms with van der Waals surface area (Å²) in [5.74, 6) is 2.02. The molecule has 1 aliphatic carbocycles. The van der Waals surface area contributed by atoms with Crippen LogP contribution < -0.4 is 5.32 Å². The molecule has 1 saturated carbocycles. The van der Waals surface area contributed by atoms with E-state index in [0.29, 0.717) is 0 Å². The zero-order chi connectivity index (χ0) is 8.39. The molecule has 0 bridgehead atoms. The largest absolute Gasteiger partial charge is 0.314 e. The Bertz CT molecular complexity index is 137. The normalized spacial score (nSPS) is 28.8. The lowest BCUT2D eigenvalue weighted by Crippen LogP contribution is -2.45. The monoisotopic (exact) mass is 168 g/mol. The van der Waals surface area contributed by atoms with Crippen LogP contribution >= 0.6 is 0 Å². The molecule has 2 nitrogen and oxygen atoms in total. The van der Waals surface area contributed by atoms with E-state index in [1.165, 1.54) is 45.6 Å². The highest BCUT2D eigenvalue weighted by Gasteiger charge is 2.29. The van der Waals surface area contributed by atoms with Crippen molar-refractivity contribution < 1.29 is 0 Å². The second-order valence-electron chi connectivity index (χ2n) is 4.37. The van der Waals surface area contributed by atoms with E-state index in [4.69, 9.17) is 0 Å². The Labute approximate surface area is 75.3 Å². The van der Waals surface area contributed by atoms with Crippen LogP contribution in [0, 0.1) is 11.8 Å². The van der Waals surface area contributed by atoms with Gasteiger partial charge in [0, 0.05) is 32.7 Å². The topological polar surface area (TPSA) is 15.3 Å². The van der Waals surface area contributed by atoms with E-state index in [1.54, 1.807) is 0 Å². The van der Waals surface area contributed by atoms with Crippen molar-refractivity contribution in [2.24, 2.45) is 11.8 Å². The second-order valence-corrected chi connectivity index (χ2v) is 4.37. The van der Waals surface area contributed by atoms with Crippen molar-refractivity contribution in [1.82, 2.24) is 10.2 Å². The minimum Gasteiger partial charge on any atom is -0.314 e. The van der Waals surface area contributed by atoms with Gasteiger partial charge >= 0.3 is 0 Å². The molecule has 2 rings (SSSR count). The quantitative estimate of drug-likeness (QED) is 0.674. The summed E-state index contributed by atoms with van der Waals surface area (Å²) >= 11 is 0. The Hall–Kier alpha value is -0.0800. The van der Waals surface area contributed by atoms with Crippen molar-refractivity contribution in [2.75, 3.05) is 32.7 Å². The Morgan fingerprint density at radius 3 is 2.58 bits per heavy atom. The van der Waals surface area contributed by atoms with E-state index in [0.717, 1.165) is 11.8 Å². The molecule has 2 fully saturated rings. The Morgan fingerprint density at radius 2 is 2.00 bits per heavy atom. The molecule has 1 N–H and O–H groups in total. The Balaban J connectivity index is 1.69. The third-order valence-electron chi connectivity index (χ3n) is 3.18. The van der Waals surface area contributed by atoms with Gasteiger partial charge in [-0.05, 0) is 24.7 Å². The third kappa shape index (κ3) is 2.20. The average Bonchev–Trinajstić information content (AvgIpc) is 2.88. The first-order valence-corrected chi connectivity index (χ1v) is 5.29. The zero-order valence-corrected chi connectivity index (χ0v) is 8.05. The smallest absolute Gasteiger partial charge is 0.0107 e. The van der Waals surface area contributed by atoms with Crippen LogP contribution in [-0.2, 0) is 0 Å². The number of hydrogen-bond acceptors (Lipinski definition) is 2. The van der Waals surface area contributed by atoms with Crippen LogP contribution in [0.1, 0.15) is 19.8 Å². The van der Waals surface area contributed by atoms with Gasteiger partial charge in [0.15, 0.2) is 0 Å². The van der Waals surface area contributed by atoms with Gasteiger partial charge in [-0.25, -0.2) is 0 Å². The minimum absolute atomic E-state index is 0.947. The summed E-state index contributed by atoms with van der Waals surface area (Å²) in [6.07, 6.45) is 2.99. The lowest BCUT2D eigenvalue weighted by molar-refractivity contribution is 0.202. The summed E-state index contributed by atoms with van der Waals surface area (Å²) in [5.41, 5.74) is 0. The maximum Gasteiger partial charge on any atom is 0.0107 e. The molecular weight excluding hydrogens is 148 g/mol. The maximum absolute atomic E-state index is 3.39. The molecule has 0 aromatic heterocycles. The molecule has 2 aliphatic rings. The molecule has 1 atom stereocenters. The van der Waals surface area contributed by atoms with Crippen LogP contribution in [0.5, 0.6) is 0 Å². The summed E-state index contributed by atoms with van der Waals surface area (Å²) in [4.78, 5) is 2.61. The molecule has 70 valence electrons. The molecule has 12 heavy (non-hydrogen) atoms. The fourth-order valence-corrected chi connectivity index (χ4v) is 2.12. The highest BCUT2D eigenvalue weighted by Crippen LogP contribution is 2.36. The molecule has 0 aromatic carbocycles. The van der Waals surface area contributed by atoms with Gasteiger partial charge in [0.25, 0.3) is 0 Å². The predicted octanol–water partition coefficient (Wildman–Crippen LogP) is 0.938. The second kappa shape index (κ2) is 3.75. The van der Waals surface area contributed by atoms with Gasteiger partial charge in [0.1, 0.15) is 0 Å². The van der Waals surface area contributed by atoms with E-state index >= 15 is 0 Å². The van der Waals surface area contributed by atoms with E-state index in [2.05, 4.69) is 17.1 Å². The van der Waals surface area contributed by atoms with E-state index in [9.17, 15) is 0 Å². The highest BCUT2D eigenvalue weighted by molar-refractivity contribution is 4.81. The van der Waals surface area contributed by atoms with Gasteiger partial charge in [-0.1, -0.05) is 6.92 Å². The first kappa shape index (κ1) is 8.52. The zero-order valence-electron chi connectivity index (χ0n) is 8.05. The fraction of sp³-hybridized carbons (Fsp3) is 1.00. The lowest BCUT2D eigenvalue weighted by Gasteiger charge is -2.29. The molecule has 1 aliphatic heterocycles. The molecule has 2 heteroatoms. The third-order valence-corrected chi connectivity index (χ3v) is 3.18. The highest BCUT2D eigenvalue weighted by atomic mass is 15.2. The molecule has 0 spiro atoms. The number of nitrogens with zero attached hydrogens (tertiary/aromatic N) is 1. The Kier molecular flexibility index (Phi) is 2.66. The number of piperazine rings is 1. The first-order valence-electron chi connectivity index (χ1n) is 5.29. The minimum atomic E-state index is 0.947. The van der Waals surface area contributed by atoms with E-state index < -0.39 is 0 Å². The van der Waals surface area contributed by atoms with Crippen molar-refractivity contribution in [3.05, 3.63) is 0 Å². The molecule has 0 radical (unpaired) electrons. The summed E-state index contributed by atoms with van der Waals surface area (Å²) in [5, 5.41) is 3.39. The summed E-state index contributed by atoms with van der Waals surface area (Å²) < 4.78 is 0. The molecule has 0 aromatic rings. The van der Waals surface area contributed by atoms with Crippen molar-refractivity contribution >= 4 is 0 Å². The molecular formula is C10H20N2. The number of rotatable bonds is 3. The summed E-state index contributed by atoms with van der Waals surface area (Å²) in [6.45, 7) is 8.66. The van der Waals surface area contributed by atoms with Crippen LogP contribution in [0.4, 0.5) is 0 Å². The van der Waals surface area contributed by atoms with Gasteiger partial charge in [-0.2, -0.15) is 0 Å². The van der Waals surface area contributed by atoms with Crippen LogP contribution in [0.25, 0.3) is 0 Å². The molecule has 1 heterocycles. The number of hydrogen-bond donors (Lipinski definition) is 1. The SMILES string of the molecule is CC(CN1CCNCC1)C1CC1. The predicted molar refractivity (Wildman–Crippen MR) is 51.2 cm³/mol. The lowest BCUT2D eigenvalue weighted by atomic mass is 10.1. The fourth-order valence-electron chi connectivity index (χ4n) is 2.12. The average molecular weight is 168 g/mol. The van der Waals surface area contributed by atoms with Gasteiger partial charge < -0.3 is 10.2 Å². The van der Waals surface area contributed by atoms with Crippen LogP contribution in [0.2, 0.25) is 0 Å². The maximum atomic E-state index is 3.39. The van der Waals surface area contributed by atoms with Crippen molar-refractivity contribution in [2.45, 2.75) is 19.8 Å². The molecule has 1 unspecified atom stereocenters. The van der Waals surface area contributed by atoms with E-state index in [-0.39, 0.29) is 0 Å². The summed E-state index contributed by atoms with van der Waals surface area (Å²) in [7, 11) is 0. The van der Waals surface area contributed by atoms with Crippen LogP contribution in [-0.4, -0.2) is 37.6 Å². The van der Waals surface area contributed by atoms with Gasteiger partial charge in [0.2, 0.25) is 0 Å². The van der Waals surface area contributed by atoms with Crippen LogP contribution in [0.3, 0.4) is 0 Å².